The van der Waals surface area contributed by atoms with Gasteiger partial charge in [0.2, 0.25) is 0 Å². The summed E-state index contributed by atoms with van der Waals surface area (Å²) in [4.78, 5) is 35.9. The van der Waals surface area contributed by atoms with Gasteiger partial charge in [-0.25, -0.2) is 18.4 Å². The molecule has 0 aromatic heterocycles. The van der Waals surface area contributed by atoms with Crippen LogP contribution in [0.25, 0.3) is 0 Å². The number of halogens is 2. The fourth-order valence-corrected chi connectivity index (χ4v) is 2.47. The van der Waals surface area contributed by atoms with Crippen molar-refractivity contribution in [1.29, 1.82) is 0 Å². The standard InChI is InChI=1S/C15H16F2N2O5/c1-24-14(22)9-5-12(11(17)6-10(9)16)18-15(23)19-4-2-3-8(7-19)13(20)21/h5-6,8H,2-4,7H2,1H3,(H,18,23)(H,20,21). The van der Waals surface area contributed by atoms with Crippen LogP contribution in [0.1, 0.15) is 23.2 Å². The third-order valence-corrected chi connectivity index (χ3v) is 3.76. The lowest BCUT2D eigenvalue weighted by Crippen LogP contribution is -2.44. The fourth-order valence-electron chi connectivity index (χ4n) is 2.47. The van der Waals surface area contributed by atoms with Crippen LogP contribution in [0.4, 0.5) is 19.3 Å². The minimum Gasteiger partial charge on any atom is -0.481 e. The van der Waals surface area contributed by atoms with Crippen LogP contribution in [-0.2, 0) is 9.53 Å². The number of anilines is 1. The number of amides is 2. The Hall–Kier alpha value is -2.71. The van der Waals surface area contributed by atoms with Gasteiger partial charge in [-0.05, 0) is 18.9 Å². The summed E-state index contributed by atoms with van der Waals surface area (Å²) in [5.41, 5.74) is -0.907. The number of likely N-dealkylation sites (tertiary alicyclic amines) is 1. The number of aliphatic carboxylic acids is 1. The Labute approximate surface area is 136 Å². The third-order valence-electron chi connectivity index (χ3n) is 3.76. The first kappa shape index (κ1) is 17.6. The van der Waals surface area contributed by atoms with Crippen molar-refractivity contribution in [3.8, 4) is 0 Å². The molecule has 0 bridgehead atoms. The molecule has 2 rings (SSSR count). The first-order chi connectivity index (χ1) is 11.3. The van der Waals surface area contributed by atoms with Crippen LogP contribution in [0.2, 0.25) is 0 Å². The Kier molecular flexibility index (Phi) is 5.32. The summed E-state index contributed by atoms with van der Waals surface area (Å²) < 4.78 is 31.8. The summed E-state index contributed by atoms with van der Waals surface area (Å²) in [6.07, 6.45) is 0.959. The van der Waals surface area contributed by atoms with E-state index < -0.39 is 41.1 Å². The minimum absolute atomic E-state index is 0.00611. The SMILES string of the molecule is COC(=O)c1cc(NC(=O)N2CCCC(C(=O)O)C2)c(F)cc1F. The van der Waals surface area contributed by atoms with Crippen LogP contribution >= 0.6 is 0 Å². The van der Waals surface area contributed by atoms with Gasteiger partial charge in [0, 0.05) is 19.2 Å². The first-order valence-electron chi connectivity index (χ1n) is 7.19. The number of carbonyl (C=O) groups is 3. The van der Waals surface area contributed by atoms with Gasteiger partial charge in [0.15, 0.2) is 0 Å². The minimum atomic E-state index is -1.11. The molecule has 2 N–H and O–H groups in total. The highest BCUT2D eigenvalue weighted by atomic mass is 19.1. The molecular formula is C15H16F2N2O5. The van der Waals surface area contributed by atoms with Crippen LogP contribution in [-0.4, -0.2) is 48.2 Å². The van der Waals surface area contributed by atoms with Crippen molar-refractivity contribution in [2.75, 3.05) is 25.5 Å². The van der Waals surface area contributed by atoms with Crippen molar-refractivity contribution in [3.05, 3.63) is 29.3 Å². The summed E-state index contributed by atoms with van der Waals surface area (Å²) >= 11 is 0. The van der Waals surface area contributed by atoms with Gasteiger partial charge in [-0.1, -0.05) is 0 Å². The van der Waals surface area contributed by atoms with E-state index in [4.69, 9.17) is 5.11 Å². The second-order valence-electron chi connectivity index (χ2n) is 5.36. The Morgan fingerprint density at radius 1 is 1.29 bits per heavy atom. The van der Waals surface area contributed by atoms with Crippen molar-refractivity contribution < 1.29 is 33.0 Å². The molecule has 1 aromatic rings. The van der Waals surface area contributed by atoms with Crippen LogP contribution in [0.3, 0.4) is 0 Å². The number of rotatable bonds is 3. The van der Waals surface area contributed by atoms with E-state index in [1.807, 2.05) is 0 Å². The van der Waals surface area contributed by atoms with Crippen molar-refractivity contribution >= 4 is 23.7 Å². The second-order valence-corrected chi connectivity index (χ2v) is 5.36. The summed E-state index contributed by atoms with van der Waals surface area (Å²) in [5, 5.41) is 11.2. The van der Waals surface area contributed by atoms with Gasteiger partial charge in [0.1, 0.15) is 11.6 Å². The van der Waals surface area contributed by atoms with E-state index in [9.17, 15) is 23.2 Å². The average molecular weight is 342 g/mol. The number of carboxylic acid groups (broad SMARTS) is 1. The molecular weight excluding hydrogens is 326 g/mol. The van der Waals surface area contributed by atoms with Crippen LogP contribution in [0.5, 0.6) is 0 Å². The Balaban J connectivity index is 2.16. The number of carbonyl (C=O) groups excluding carboxylic acids is 2. The maximum atomic E-state index is 13.8. The van der Waals surface area contributed by atoms with Crippen molar-refractivity contribution in [2.45, 2.75) is 12.8 Å². The first-order valence-corrected chi connectivity index (χ1v) is 7.19. The molecule has 0 aliphatic carbocycles. The van der Waals surface area contributed by atoms with Gasteiger partial charge in [0.05, 0.1) is 24.3 Å². The molecule has 0 radical (unpaired) electrons. The van der Waals surface area contributed by atoms with E-state index in [0.717, 1.165) is 13.2 Å². The highest BCUT2D eigenvalue weighted by Gasteiger charge is 2.28. The number of esters is 1. The number of nitrogens with one attached hydrogen (secondary N) is 1. The third kappa shape index (κ3) is 3.79. The van der Waals surface area contributed by atoms with E-state index in [1.54, 1.807) is 0 Å². The largest absolute Gasteiger partial charge is 0.481 e. The molecule has 7 nitrogen and oxygen atoms in total. The van der Waals surface area contributed by atoms with E-state index in [1.165, 1.54) is 4.90 Å². The zero-order valence-corrected chi connectivity index (χ0v) is 12.8. The number of methoxy groups -OCH3 is 1. The summed E-state index contributed by atoms with van der Waals surface area (Å²) in [5.74, 6) is -4.87. The quantitative estimate of drug-likeness (QED) is 0.820. The maximum absolute atomic E-state index is 13.8. The topological polar surface area (TPSA) is 95.9 Å². The van der Waals surface area contributed by atoms with Crippen molar-refractivity contribution in [1.82, 2.24) is 4.90 Å². The molecule has 0 spiro atoms. The molecule has 9 heteroatoms. The number of hydrogen-bond donors (Lipinski definition) is 2. The Morgan fingerprint density at radius 2 is 2.00 bits per heavy atom. The second kappa shape index (κ2) is 7.24. The molecule has 1 unspecified atom stereocenters. The molecule has 130 valence electrons. The number of nitrogens with zero attached hydrogens (tertiary/aromatic N) is 1. The highest BCUT2D eigenvalue weighted by Crippen LogP contribution is 2.22. The molecule has 0 saturated carbocycles. The van der Waals surface area contributed by atoms with Gasteiger partial charge in [0.25, 0.3) is 0 Å². The average Bonchev–Trinajstić information content (AvgIpc) is 2.56. The molecule has 1 fully saturated rings. The summed E-state index contributed by atoms with van der Waals surface area (Å²) in [6, 6.07) is 0.591. The Morgan fingerprint density at radius 3 is 2.62 bits per heavy atom. The predicted octanol–water partition coefficient (Wildman–Crippen LogP) is 2.08. The number of benzene rings is 1. The monoisotopic (exact) mass is 342 g/mol. The molecule has 1 atom stereocenters. The van der Waals surface area contributed by atoms with E-state index in [2.05, 4.69) is 10.1 Å². The van der Waals surface area contributed by atoms with E-state index in [0.29, 0.717) is 25.5 Å². The van der Waals surface area contributed by atoms with Gasteiger partial charge >= 0.3 is 18.0 Å². The Bertz CT molecular complexity index is 680. The fraction of sp³-hybridized carbons (Fsp3) is 0.400. The maximum Gasteiger partial charge on any atom is 0.340 e. The lowest BCUT2D eigenvalue weighted by atomic mass is 9.99. The van der Waals surface area contributed by atoms with Gasteiger partial charge in [-0.15, -0.1) is 0 Å². The molecule has 1 saturated heterocycles. The van der Waals surface area contributed by atoms with Gasteiger partial charge in [-0.2, -0.15) is 0 Å². The zero-order chi connectivity index (χ0) is 17.9. The smallest absolute Gasteiger partial charge is 0.340 e. The van der Waals surface area contributed by atoms with Gasteiger partial charge < -0.3 is 20.1 Å². The van der Waals surface area contributed by atoms with Crippen molar-refractivity contribution in [2.24, 2.45) is 5.92 Å². The molecule has 1 aliphatic rings. The van der Waals surface area contributed by atoms with Crippen LogP contribution in [0, 0.1) is 17.6 Å². The van der Waals surface area contributed by atoms with E-state index in [-0.39, 0.29) is 12.2 Å². The summed E-state index contributed by atoms with van der Waals surface area (Å²) in [7, 11) is 1.04. The summed E-state index contributed by atoms with van der Waals surface area (Å²) in [6.45, 7) is 0.316. The molecule has 1 heterocycles. The zero-order valence-electron chi connectivity index (χ0n) is 12.8. The van der Waals surface area contributed by atoms with Crippen LogP contribution in [0.15, 0.2) is 12.1 Å². The number of hydrogen-bond acceptors (Lipinski definition) is 4. The molecule has 2 amide bonds. The highest BCUT2D eigenvalue weighted by molar-refractivity contribution is 5.94. The normalized spacial score (nSPS) is 17.3. The number of ether oxygens (including phenoxy) is 1. The molecule has 1 aliphatic heterocycles. The molecule has 24 heavy (non-hydrogen) atoms. The van der Waals surface area contributed by atoms with Gasteiger partial charge in [-0.3, -0.25) is 4.79 Å². The number of piperidine rings is 1. The van der Waals surface area contributed by atoms with E-state index >= 15 is 0 Å². The van der Waals surface area contributed by atoms with Crippen molar-refractivity contribution in [3.63, 3.8) is 0 Å². The lowest BCUT2D eigenvalue weighted by molar-refractivity contribution is -0.143. The number of urea groups is 1. The predicted molar refractivity (Wildman–Crippen MR) is 78.6 cm³/mol. The van der Waals surface area contributed by atoms with Crippen LogP contribution < -0.4 is 5.32 Å². The lowest BCUT2D eigenvalue weighted by Gasteiger charge is -2.30. The number of carboxylic acids is 1. The molecule has 1 aromatic carbocycles.